The van der Waals surface area contributed by atoms with Crippen molar-refractivity contribution in [3.63, 3.8) is 0 Å². The molecule has 0 aromatic rings. The van der Waals surface area contributed by atoms with Crippen LogP contribution in [0.4, 0.5) is 8.78 Å². The van der Waals surface area contributed by atoms with Crippen LogP contribution in [0.2, 0.25) is 0 Å². The molecule has 1 aliphatic rings. The number of halogens is 2. The summed E-state index contributed by atoms with van der Waals surface area (Å²) >= 11 is 0.471. The Hall–Kier alpha value is 0.130. The zero-order valence-corrected chi connectivity index (χ0v) is 5.84. The number of hydrogen-bond acceptors (Lipinski definition) is 3. The number of hydrogen-bond donors (Lipinski definition) is 1. The van der Waals surface area contributed by atoms with Gasteiger partial charge in [0, 0.05) is 32.0 Å². The molecule has 0 aliphatic carbocycles. The van der Waals surface area contributed by atoms with Crippen molar-refractivity contribution in [1.82, 2.24) is 9.84 Å². The number of alkyl halides is 2. The molecular weight excluding hydrogens is 146 g/mol. The summed E-state index contributed by atoms with van der Waals surface area (Å²) in [6.45, 7) is 0.403. The quantitative estimate of drug-likeness (QED) is 0.525. The molecule has 0 aromatic heterocycles. The van der Waals surface area contributed by atoms with Crippen LogP contribution < -0.4 is 4.83 Å². The van der Waals surface area contributed by atoms with Gasteiger partial charge in [0.15, 0.2) is 0 Å². The average Bonchev–Trinajstić information content (AvgIpc) is 1.78. The fourth-order valence-corrected chi connectivity index (χ4v) is 1.11. The summed E-state index contributed by atoms with van der Waals surface area (Å²) in [5.41, 5.74) is 0. The lowest BCUT2D eigenvalue weighted by Crippen LogP contribution is -2.40. The fraction of sp³-hybridized carbons (Fsp3) is 1.00. The lowest BCUT2D eigenvalue weighted by molar-refractivity contribution is 0.0633. The van der Waals surface area contributed by atoms with Crippen LogP contribution in [0, 0.1) is 0 Å². The van der Waals surface area contributed by atoms with Gasteiger partial charge in [-0.3, -0.25) is 0 Å². The Morgan fingerprint density at radius 1 is 1.67 bits per heavy atom. The van der Waals surface area contributed by atoms with Crippen molar-refractivity contribution >= 4 is 11.9 Å². The van der Waals surface area contributed by atoms with Crippen molar-refractivity contribution in [1.29, 1.82) is 0 Å². The number of nitrogens with zero attached hydrogens (tertiary/aromatic N) is 1. The molecule has 9 heavy (non-hydrogen) atoms. The lowest BCUT2D eigenvalue weighted by Gasteiger charge is -2.28. The summed E-state index contributed by atoms with van der Waals surface area (Å²) in [6.07, 6.45) is -0.0683. The van der Waals surface area contributed by atoms with Crippen LogP contribution in [-0.4, -0.2) is 23.9 Å². The Morgan fingerprint density at radius 3 is 2.67 bits per heavy atom. The highest BCUT2D eigenvalue weighted by atomic mass is 32.2. The summed E-state index contributed by atoms with van der Waals surface area (Å²) in [4.78, 5) is 2.47. The average molecular weight is 154 g/mol. The normalized spacial score (nSPS) is 28.3. The third kappa shape index (κ3) is 2.08. The van der Waals surface area contributed by atoms with Gasteiger partial charge in [-0.1, -0.05) is 0 Å². The molecule has 1 fully saturated rings. The maximum Gasteiger partial charge on any atom is 0.309 e. The van der Waals surface area contributed by atoms with E-state index in [9.17, 15) is 8.78 Å². The molecule has 2 nitrogen and oxygen atoms in total. The summed E-state index contributed by atoms with van der Waals surface area (Å²) in [7, 11) is 1.74. The Morgan fingerprint density at radius 2 is 2.33 bits per heavy atom. The van der Waals surface area contributed by atoms with Crippen molar-refractivity contribution in [3.8, 4) is 0 Å². The summed E-state index contributed by atoms with van der Waals surface area (Å²) < 4.78 is 24.5. The van der Waals surface area contributed by atoms with Gasteiger partial charge in [0.05, 0.1) is 0 Å². The molecule has 1 rings (SSSR count). The van der Waals surface area contributed by atoms with E-state index in [0.717, 1.165) is 0 Å². The van der Waals surface area contributed by atoms with Gasteiger partial charge in [-0.15, -0.1) is 0 Å². The monoisotopic (exact) mass is 154 g/mol. The predicted octanol–water partition coefficient (Wildman–Crippen LogP) is 1.07. The van der Waals surface area contributed by atoms with Gasteiger partial charge in [-0.25, -0.2) is 5.01 Å². The van der Waals surface area contributed by atoms with Crippen molar-refractivity contribution in [2.45, 2.75) is 11.7 Å². The van der Waals surface area contributed by atoms with Crippen molar-refractivity contribution < 1.29 is 8.78 Å². The minimum absolute atomic E-state index is 0.0683. The van der Waals surface area contributed by atoms with Crippen LogP contribution in [0.1, 0.15) is 6.42 Å². The maximum absolute atomic E-state index is 12.3. The third-order valence-corrected chi connectivity index (χ3v) is 1.99. The molecule has 1 heterocycles. The molecule has 0 radical (unpaired) electrons. The number of nitrogens with one attached hydrogen (secondary N) is 1. The first kappa shape index (κ1) is 7.24. The van der Waals surface area contributed by atoms with Crippen LogP contribution in [0.25, 0.3) is 0 Å². The molecule has 1 saturated heterocycles. The summed E-state index contributed by atoms with van der Waals surface area (Å²) in [6, 6.07) is 0. The van der Waals surface area contributed by atoms with Gasteiger partial charge in [0.25, 0.3) is 0 Å². The number of hydrazine groups is 1. The minimum atomic E-state index is -2.58. The molecule has 1 aliphatic heterocycles. The highest BCUT2D eigenvalue weighted by Crippen LogP contribution is 2.32. The topological polar surface area (TPSA) is 15.3 Å². The van der Waals surface area contributed by atoms with E-state index >= 15 is 0 Å². The van der Waals surface area contributed by atoms with Crippen LogP contribution in [0.15, 0.2) is 0 Å². The van der Waals surface area contributed by atoms with Gasteiger partial charge in [-0.2, -0.15) is 13.6 Å². The van der Waals surface area contributed by atoms with Crippen molar-refractivity contribution in [3.05, 3.63) is 0 Å². The smallest absolute Gasteiger partial charge is 0.237 e. The van der Waals surface area contributed by atoms with Crippen LogP contribution >= 0.6 is 11.9 Å². The van der Waals surface area contributed by atoms with E-state index in [1.54, 1.807) is 12.1 Å². The van der Waals surface area contributed by atoms with E-state index in [4.69, 9.17) is 0 Å². The van der Waals surface area contributed by atoms with E-state index in [1.165, 1.54) is 0 Å². The van der Waals surface area contributed by atoms with Crippen LogP contribution in [0.3, 0.4) is 0 Å². The molecule has 0 saturated carbocycles. The number of rotatable bonds is 0. The first-order valence-electron chi connectivity index (χ1n) is 2.63. The molecule has 5 heteroatoms. The lowest BCUT2D eigenvalue weighted by atomic mass is 10.4. The molecule has 1 N–H and O–H groups in total. The Kier molecular flexibility index (Phi) is 1.93. The van der Waals surface area contributed by atoms with Crippen molar-refractivity contribution in [2.24, 2.45) is 0 Å². The van der Waals surface area contributed by atoms with E-state index in [1.807, 2.05) is 0 Å². The maximum atomic E-state index is 12.3. The first-order chi connectivity index (χ1) is 4.10. The fourth-order valence-electron chi connectivity index (χ4n) is 0.539. The molecule has 0 aromatic carbocycles. The summed E-state index contributed by atoms with van der Waals surface area (Å²) in [5.74, 6) is 0. The molecule has 0 spiro atoms. The van der Waals surface area contributed by atoms with Crippen molar-refractivity contribution in [2.75, 3.05) is 13.6 Å². The first-order valence-corrected chi connectivity index (χ1v) is 3.44. The predicted molar refractivity (Wildman–Crippen MR) is 32.9 cm³/mol. The second kappa shape index (κ2) is 2.40. The minimum Gasteiger partial charge on any atom is -0.237 e. The second-order valence-corrected chi connectivity index (χ2v) is 2.99. The zero-order chi connectivity index (χ0) is 6.91. The Balaban J connectivity index is 2.35. The van der Waals surface area contributed by atoms with Gasteiger partial charge < -0.3 is 0 Å². The third-order valence-electron chi connectivity index (χ3n) is 1.09. The van der Waals surface area contributed by atoms with Gasteiger partial charge >= 0.3 is 5.25 Å². The van der Waals surface area contributed by atoms with E-state index < -0.39 is 5.25 Å². The van der Waals surface area contributed by atoms with E-state index in [2.05, 4.69) is 4.83 Å². The van der Waals surface area contributed by atoms with Crippen LogP contribution in [-0.2, 0) is 0 Å². The standard InChI is InChI=1S/C4H8F2N2S/c1-8-3-2-4(5,6)9-7-8/h7H,2-3H2,1H3. The summed E-state index contributed by atoms with van der Waals surface area (Å²) in [5, 5.41) is -0.936. The molecule has 0 atom stereocenters. The van der Waals surface area contributed by atoms with Crippen LogP contribution in [0.5, 0.6) is 0 Å². The molecule has 0 amide bonds. The van der Waals surface area contributed by atoms with E-state index in [0.29, 0.717) is 18.5 Å². The SMILES string of the molecule is CN1CCC(F)(F)SN1. The molecule has 0 unspecified atom stereocenters. The highest BCUT2D eigenvalue weighted by Gasteiger charge is 2.33. The van der Waals surface area contributed by atoms with Gasteiger partial charge in [0.2, 0.25) is 0 Å². The molecule has 54 valence electrons. The van der Waals surface area contributed by atoms with Gasteiger partial charge in [0.1, 0.15) is 0 Å². The Bertz CT molecular complexity index is 98.7. The zero-order valence-electron chi connectivity index (χ0n) is 5.03. The van der Waals surface area contributed by atoms with E-state index in [-0.39, 0.29) is 6.42 Å². The largest absolute Gasteiger partial charge is 0.309 e. The highest BCUT2D eigenvalue weighted by molar-refractivity contribution is 7.98. The molecular formula is C4H8F2N2S. The second-order valence-electron chi connectivity index (χ2n) is 2.00. The Labute approximate surface area is 56.7 Å². The van der Waals surface area contributed by atoms with Gasteiger partial charge in [-0.05, 0) is 0 Å². The molecule has 0 bridgehead atoms.